The number of benzene rings is 1. The third kappa shape index (κ3) is 2.16. The standard InChI is InChI=1S/C14H20N2O3S/c1-19-12-5-6-14(13(15)7-12)20(17,18)16-8-10-3-2-4-11(10)9-16/h5-7,10-11H,2-4,8-9,15H2,1H3. The second kappa shape index (κ2) is 4.93. The van der Waals surface area contributed by atoms with Crippen molar-refractivity contribution in [2.24, 2.45) is 11.8 Å². The zero-order chi connectivity index (χ0) is 14.3. The van der Waals surface area contributed by atoms with Crippen LogP contribution in [0.1, 0.15) is 19.3 Å². The number of hydrogen-bond acceptors (Lipinski definition) is 4. The molecule has 1 aliphatic carbocycles. The first kappa shape index (κ1) is 13.7. The number of methoxy groups -OCH3 is 1. The van der Waals surface area contributed by atoms with Crippen LogP contribution in [-0.2, 0) is 10.0 Å². The van der Waals surface area contributed by atoms with Crippen molar-refractivity contribution < 1.29 is 13.2 Å². The molecule has 1 aromatic carbocycles. The minimum absolute atomic E-state index is 0.193. The molecule has 0 aromatic heterocycles. The van der Waals surface area contributed by atoms with Crippen LogP contribution in [0.4, 0.5) is 5.69 Å². The second-order valence-corrected chi connectivity index (χ2v) is 7.58. The van der Waals surface area contributed by atoms with Crippen LogP contribution in [0.2, 0.25) is 0 Å². The zero-order valence-electron chi connectivity index (χ0n) is 11.6. The van der Waals surface area contributed by atoms with E-state index in [1.165, 1.54) is 19.6 Å². The molecule has 1 aliphatic heterocycles. The lowest BCUT2D eigenvalue weighted by atomic mass is 10.0. The van der Waals surface area contributed by atoms with E-state index in [-0.39, 0.29) is 10.6 Å². The van der Waals surface area contributed by atoms with E-state index in [1.807, 2.05) is 0 Å². The molecule has 110 valence electrons. The summed E-state index contributed by atoms with van der Waals surface area (Å²) in [6, 6.07) is 4.74. The average Bonchev–Trinajstić information content (AvgIpc) is 2.99. The van der Waals surface area contributed by atoms with Gasteiger partial charge < -0.3 is 10.5 Å². The summed E-state index contributed by atoms with van der Waals surface area (Å²) in [6.45, 7) is 1.27. The Kier molecular flexibility index (Phi) is 3.38. The topological polar surface area (TPSA) is 72.6 Å². The van der Waals surface area contributed by atoms with E-state index in [0.29, 0.717) is 30.7 Å². The molecule has 2 unspecified atom stereocenters. The molecule has 0 spiro atoms. The van der Waals surface area contributed by atoms with Gasteiger partial charge in [-0.15, -0.1) is 0 Å². The van der Waals surface area contributed by atoms with Gasteiger partial charge in [0.25, 0.3) is 0 Å². The first-order chi connectivity index (χ1) is 9.52. The molecule has 1 aromatic rings. The van der Waals surface area contributed by atoms with Gasteiger partial charge in [-0.3, -0.25) is 0 Å². The van der Waals surface area contributed by atoms with E-state index in [2.05, 4.69) is 0 Å². The van der Waals surface area contributed by atoms with E-state index in [0.717, 1.165) is 12.8 Å². The lowest BCUT2D eigenvalue weighted by Gasteiger charge is -2.18. The Balaban J connectivity index is 1.89. The predicted octanol–water partition coefficient (Wildman–Crippen LogP) is 1.70. The van der Waals surface area contributed by atoms with Gasteiger partial charge in [0.1, 0.15) is 10.6 Å². The number of hydrogen-bond donors (Lipinski definition) is 1. The molecular formula is C14H20N2O3S. The predicted molar refractivity (Wildman–Crippen MR) is 77.0 cm³/mol. The van der Waals surface area contributed by atoms with Crippen LogP contribution in [0.15, 0.2) is 23.1 Å². The third-order valence-electron chi connectivity index (χ3n) is 4.53. The van der Waals surface area contributed by atoms with Crippen molar-refractivity contribution in [1.82, 2.24) is 4.31 Å². The Hall–Kier alpha value is -1.27. The highest BCUT2D eigenvalue weighted by molar-refractivity contribution is 7.89. The molecule has 1 saturated heterocycles. The number of fused-ring (bicyclic) bond motifs is 1. The number of ether oxygens (including phenoxy) is 1. The summed E-state index contributed by atoms with van der Waals surface area (Å²) in [5.41, 5.74) is 6.13. The first-order valence-electron chi connectivity index (χ1n) is 6.96. The monoisotopic (exact) mass is 296 g/mol. The van der Waals surface area contributed by atoms with Crippen LogP contribution in [0.3, 0.4) is 0 Å². The van der Waals surface area contributed by atoms with E-state index in [4.69, 9.17) is 10.5 Å². The number of sulfonamides is 1. The largest absolute Gasteiger partial charge is 0.497 e. The number of nitrogens with zero attached hydrogens (tertiary/aromatic N) is 1. The summed E-state index contributed by atoms with van der Waals surface area (Å²) >= 11 is 0. The van der Waals surface area contributed by atoms with Gasteiger partial charge >= 0.3 is 0 Å². The van der Waals surface area contributed by atoms with Gasteiger partial charge in [-0.1, -0.05) is 6.42 Å². The van der Waals surface area contributed by atoms with Gasteiger partial charge in [0.15, 0.2) is 0 Å². The van der Waals surface area contributed by atoms with Gasteiger partial charge in [0, 0.05) is 19.2 Å². The molecule has 1 heterocycles. The summed E-state index contributed by atoms with van der Waals surface area (Å²) in [5, 5.41) is 0. The Morgan fingerprint density at radius 1 is 1.25 bits per heavy atom. The maximum absolute atomic E-state index is 12.7. The Morgan fingerprint density at radius 3 is 2.45 bits per heavy atom. The maximum atomic E-state index is 12.7. The lowest BCUT2D eigenvalue weighted by molar-refractivity contribution is 0.414. The molecule has 2 fully saturated rings. The first-order valence-corrected chi connectivity index (χ1v) is 8.40. The summed E-state index contributed by atoms with van der Waals surface area (Å²) in [5.74, 6) is 1.63. The number of nitrogens with two attached hydrogens (primary N) is 1. The number of anilines is 1. The molecule has 1 saturated carbocycles. The highest BCUT2D eigenvalue weighted by atomic mass is 32.2. The summed E-state index contributed by atoms with van der Waals surface area (Å²) in [4.78, 5) is 0.193. The van der Waals surface area contributed by atoms with Crippen LogP contribution in [0.25, 0.3) is 0 Å². The summed E-state index contributed by atoms with van der Waals surface area (Å²) < 4.78 is 32.0. The average molecular weight is 296 g/mol. The van der Waals surface area contributed by atoms with Crippen molar-refractivity contribution in [3.8, 4) is 5.75 Å². The molecule has 0 radical (unpaired) electrons. The SMILES string of the molecule is COc1ccc(S(=O)(=O)N2CC3CCCC3C2)c(N)c1. The normalized spacial score (nSPS) is 26.6. The Morgan fingerprint density at radius 2 is 1.90 bits per heavy atom. The molecule has 0 bridgehead atoms. The molecule has 20 heavy (non-hydrogen) atoms. The number of rotatable bonds is 3. The van der Waals surface area contributed by atoms with Crippen LogP contribution < -0.4 is 10.5 Å². The molecule has 2 atom stereocenters. The fourth-order valence-corrected chi connectivity index (χ4v) is 5.07. The van der Waals surface area contributed by atoms with E-state index < -0.39 is 10.0 Å². The van der Waals surface area contributed by atoms with Crippen molar-refractivity contribution in [3.63, 3.8) is 0 Å². The van der Waals surface area contributed by atoms with Crippen molar-refractivity contribution in [1.29, 1.82) is 0 Å². The molecule has 5 nitrogen and oxygen atoms in total. The molecular weight excluding hydrogens is 276 g/mol. The molecule has 6 heteroatoms. The minimum atomic E-state index is -3.48. The minimum Gasteiger partial charge on any atom is -0.497 e. The fourth-order valence-electron chi connectivity index (χ4n) is 3.42. The van der Waals surface area contributed by atoms with E-state index >= 15 is 0 Å². The van der Waals surface area contributed by atoms with E-state index in [1.54, 1.807) is 16.4 Å². The Bertz CT molecular complexity index is 603. The maximum Gasteiger partial charge on any atom is 0.245 e. The smallest absolute Gasteiger partial charge is 0.245 e. The van der Waals surface area contributed by atoms with Crippen LogP contribution >= 0.6 is 0 Å². The Labute approximate surface area is 119 Å². The number of nitrogen functional groups attached to an aromatic ring is 1. The van der Waals surface area contributed by atoms with Crippen LogP contribution in [0, 0.1) is 11.8 Å². The van der Waals surface area contributed by atoms with Crippen molar-refractivity contribution in [2.45, 2.75) is 24.2 Å². The molecule has 2 N–H and O–H groups in total. The van der Waals surface area contributed by atoms with Gasteiger partial charge in [-0.2, -0.15) is 4.31 Å². The highest BCUT2D eigenvalue weighted by Gasteiger charge is 2.41. The molecule has 2 aliphatic rings. The third-order valence-corrected chi connectivity index (χ3v) is 6.43. The molecule has 0 amide bonds. The highest BCUT2D eigenvalue weighted by Crippen LogP contribution is 2.40. The summed E-state index contributed by atoms with van der Waals surface area (Å²) in [7, 11) is -1.95. The van der Waals surface area contributed by atoms with Gasteiger partial charge in [-0.05, 0) is 36.8 Å². The second-order valence-electron chi connectivity index (χ2n) is 5.68. The summed E-state index contributed by atoms with van der Waals surface area (Å²) in [6.07, 6.45) is 3.53. The zero-order valence-corrected chi connectivity index (χ0v) is 12.4. The lowest BCUT2D eigenvalue weighted by Crippen LogP contribution is -2.30. The van der Waals surface area contributed by atoms with Crippen molar-refractivity contribution in [2.75, 3.05) is 25.9 Å². The van der Waals surface area contributed by atoms with Crippen molar-refractivity contribution >= 4 is 15.7 Å². The van der Waals surface area contributed by atoms with Crippen molar-refractivity contribution in [3.05, 3.63) is 18.2 Å². The quantitative estimate of drug-likeness (QED) is 0.862. The van der Waals surface area contributed by atoms with Gasteiger partial charge in [-0.25, -0.2) is 8.42 Å². The van der Waals surface area contributed by atoms with Gasteiger partial charge in [0.05, 0.1) is 12.8 Å². The molecule has 3 rings (SSSR count). The fraction of sp³-hybridized carbons (Fsp3) is 0.571. The van der Waals surface area contributed by atoms with Crippen LogP contribution in [-0.4, -0.2) is 32.9 Å². The van der Waals surface area contributed by atoms with Crippen LogP contribution in [0.5, 0.6) is 5.75 Å². The van der Waals surface area contributed by atoms with Gasteiger partial charge in [0.2, 0.25) is 10.0 Å². The van der Waals surface area contributed by atoms with E-state index in [9.17, 15) is 8.42 Å².